The second-order valence-corrected chi connectivity index (χ2v) is 17.2. The number of ketones is 1. The highest BCUT2D eigenvalue weighted by Gasteiger charge is 2.84. The number of aliphatic hydroxyl groups excluding tert-OH is 1. The van der Waals surface area contributed by atoms with Crippen LogP contribution < -0.4 is 0 Å². The molecule has 12 atom stereocenters. The van der Waals surface area contributed by atoms with E-state index in [0.29, 0.717) is 6.42 Å². The van der Waals surface area contributed by atoms with Gasteiger partial charge in [0.1, 0.15) is 18.3 Å². The van der Waals surface area contributed by atoms with Gasteiger partial charge >= 0.3 is 11.9 Å². The minimum Gasteiger partial charge on any atom is -0.459 e. The Hall–Kier alpha value is -1.41. The first-order valence-electron chi connectivity index (χ1n) is 16.9. The van der Waals surface area contributed by atoms with Gasteiger partial charge in [-0.1, -0.05) is 63.0 Å². The van der Waals surface area contributed by atoms with E-state index in [-0.39, 0.29) is 36.0 Å². The quantitative estimate of drug-likeness (QED) is 0.181. The number of allylic oxidation sites excluding steroid dienone is 1. The van der Waals surface area contributed by atoms with Crippen LogP contribution in [0.3, 0.4) is 0 Å². The van der Waals surface area contributed by atoms with Gasteiger partial charge in [0.2, 0.25) is 6.10 Å². The van der Waals surface area contributed by atoms with Crippen LogP contribution in [0.5, 0.6) is 0 Å². The number of carbonyl (C=O) groups is 3. The molecule has 47 heavy (non-hydrogen) atoms. The van der Waals surface area contributed by atoms with Crippen molar-refractivity contribution >= 4 is 33.7 Å². The number of hydrogen-bond donors (Lipinski definition) is 3. The Bertz CT molecular complexity index is 1300. The molecule has 2 bridgehead atoms. The van der Waals surface area contributed by atoms with Gasteiger partial charge in [-0.15, -0.1) is 0 Å². The summed E-state index contributed by atoms with van der Waals surface area (Å²) in [5.41, 5.74) is -3.52. The summed E-state index contributed by atoms with van der Waals surface area (Å²) in [5, 5.41) is 35.9. The fourth-order valence-electron chi connectivity index (χ4n) is 10.1. The minimum atomic E-state index is -2.12. The van der Waals surface area contributed by atoms with Crippen LogP contribution in [-0.2, 0) is 38.1 Å². The van der Waals surface area contributed by atoms with Gasteiger partial charge in [0, 0.05) is 22.7 Å². The van der Waals surface area contributed by atoms with Gasteiger partial charge in [-0.3, -0.25) is 9.59 Å². The summed E-state index contributed by atoms with van der Waals surface area (Å²) < 4.78 is 31.0. The Balaban J connectivity index is 1.61. The third-order valence-electron chi connectivity index (χ3n) is 12.2. The largest absolute Gasteiger partial charge is 0.459 e. The normalized spacial score (nSPS) is 42.1. The monoisotopic (exact) mass is 728 g/mol. The number of halogens is 1. The van der Waals surface area contributed by atoms with Crippen molar-refractivity contribution < 1.29 is 53.4 Å². The Morgan fingerprint density at radius 3 is 2.34 bits per heavy atom. The molecule has 0 amide bonds. The number of fused-ring (bicyclic) bond motifs is 1. The van der Waals surface area contributed by atoms with Gasteiger partial charge in [0.25, 0.3) is 0 Å². The van der Waals surface area contributed by atoms with E-state index in [2.05, 4.69) is 15.9 Å². The smallest absolute Gasteiger partial charge is 0.348 e. The number of hydrogen-bond acceptors (Lipinski definition) is 11. The van der Waals surface area contributed by atoms with Crippen molar-refractivity contribution in [2.24, 2.45) is 46.3 Å². The molecule has 12 heteroatoms. The van der Waals surface area contributed by atoms with Gasteiger partial charge in [0.15, 0.2) is 17.9 Å². The molecular weight excluding hydrogens is 676 g/mol. The maximum atomic E-state index is 14.0. The maximum Gasteiger partial charge on any atom is 0.348 e. The summed E-state index contributed by atoms with van der Waals surface area (Å²) in [4.78, 5) is 41.3. The lowest BCUT2D eigenvalue weighted by Gasteiger charge is -2.68. The third kappa shape index (κ3) is 5.47. The van der Waals surface area contributed by atoms with E-state index in [9.17, 15) is 29.7 Å². The zero-order chi connectivity index (χ0) is 35.2. The lowest BCUT2D eigenvalue weighted by atomic mass is 9.38. The van der Waals surface area contributed by atoms with Gasteiger partial charge in [-0.2, -0.15) is 0 Å². The van der Waals surface area contributed by atoms with Gasteiger partial charge < -0.3 is 39.0 Å². The van der Waals surface area contributed by atoms with E-state index in [4.69, 9.17) is 23.7 Å². The lowest BCUT2D eigenvalue weighted by molar-refractivity contribution is -0.347. The fraction of sp³-hybridized carbons (Fsp3) is 0.857. The van der Waals surface area contributed by atoms with Crippen LogP contribution in [-0.4, -0.2) is 92.7 Å². The Morgan fingerprint density at radius 2 is 1.79 bits per heavy atom. The van der Waals surface area contributed by atoms with E-state index in [1.807, 2.05) is 62.3 Å². The van der Waals surface area contributed by atoms with E-state index < -0.39 is 94.1 Å². The van der Waals surface area contributed by atoms with Gasteiger partial charge in [-0.25, -0.2) is 4.79 Å². The van der Waals surface area contributed by atoms with Crippen molar-refractivity contribution in [3.63, 3.8) is 0 Å². The highest BCUT2D eigenvalue weighted by atomic mass is 79.9. The predicted molar refractivity (Wildman–Crippen MR) is 173 cm³/mol. The summed E-state index contributed by atoms with van der Waals surface area (Å²) in [6.45, 7) is 18.3. The van der Waals surface area contributed by atoms with Crippen molar-refractivity contribution in [3.05, 3.63) is 11.6 Å². The lowest BCUT2D eigenvalue weighted by Crippen LogP contribution is -2.78. The average molecular weight is 730 g/mol. The molecular formula is C35H53BrO11. The zero-order valence-corrected chi connectivity index (χ0v) is 30.8. The molecule has 5 rings (SSSR count). The zero-order valence-electron chi connectivity index (χ0n) is 29.2. The molecule has 1 spiro atoms. The minimum absolute atomic E-state index is 0.0967. The Labute approximate surface area is 286 Å². The molecule has 0 aromatic carbocycles. The van der Waals surface area contributed by atoms with Gasteiger partial charge in [-0.05, 0) is 63.9 Å². The van der Waals surface area contributed by atoms with Crippen LogP contribution in [0.15, 0.2) is 11.6 Å². The van der Waals surface area contributed by atoms with Crippen molar-refractivity contribution in [1.82, 2.24) is 0 Å². The maximum absolute atomic E-state index is 14.0. The van der Waals surface area contributed by atoms with Crippen LogP contribution in [0, 0.1) is 46.3 Å². The molecule has 0 aromatic rings. The van der Waals surface area contributed by atoms with E-state index in [0.717, 1.165) is 5.57 Å². The molecule has 0 aromatic heterocycles. The molecule has 2 saturated carbocycles. The number of esters is 2. The number of carbonyl (C=O) groups excluding carboxylic acids is 3. The standard InChI is InChI=1S/C35H53BrO11/c1-16(2)34(41,17(3)4)13-23(38)45-26-25-19(6)27(39)35(42)30-32(10)20(12-22(44-29(26)40)33(25,30)15-43-35)18(5)11-21(37)28(32)46-24(14-36)47-31(7,8)9/h11,16-17,19-20,22,24-28,30,39,41-42H,12-15H2,1-10H3/t19?,20-,22+,24?,25?,26?,27+,28+,30?,32?,33-,35-/m0/s1. The molecule has 2 aliphatic heterocycles. The second-order valence-electron chi connectivity index (χ2n) is 16.5. The molecule has 2 heterocycles. The Morgan fingerprint density at radius 1 is 1.17 bits per heavy atom. The number of ether oxygens (including phenoxy) is 5. The molecule has 4 fully saturated rings. The molecule has 266 valence electrons. The van der Waals surface area contributed by atoms with Crippen LogP contribution in [0.1, 0.15) is 82.1 Å². The second kappa shape index (κ2) is 12.1. The SMILES string of the molecule is CC1=CC(=O)[C@@H](OC(CBr)OC(C)(C)C)C2(C)C3[C@]45CO[C@@]3(O)[C@H](O)C(C)C4C(OC(=O)CC(O)(C(C)C)C(C)C)C(=O)O[C@@H]5C[C@@H]12. The average Bonchev–Trinajstić information content (AvgIpc) is 3.24. The summed E-state index contributed by atoms with van der Waals surface area (Å²) in [7, 11) is 0. The van der Waals surface area contributed by atoms with Crippen LogP contribution in [0.4, 0.5) is 0 Å². The highest BCUT2D eigenvalue weighted by molar-refractivity contribution is 9.09. The number of rotatable bonds is 9. The molecule has 6 unspecified atom stereocenters. The summed E-state index contributed by atoms with van der Waals surface area (Å²) in [6, 6.07) is 0. The summed E-state index contributed by atoms with van der Waals surface area (Å²) in [5.74, 6) is -7.43. The van der Waals surface area contributed by atoms with Crippen LogP contribution in [0.25, 0.3) is 0 Å². The number of alkyl halides is 1. The molecule has 2 saturated heterocycles. The molecule has 11 nitrogen and oxygen atoms in total. The molecule has 0 radical (unpaired) electrons. The van der Waals surface area contributed by atoms with Crippen molar-refractivity contribution in [3.8, 4) is 0 Å². The predicted octanol–water partition coefficient (Wildman–Crippen LogP) is 3.68. The van der Waals surface area contributed by atoms with Crippen molar-refractivity contribution in [1.29, 1.82) is 0 Å². The highest BCUT2D eigenvalue weighted by Crippen LogP contribution is 2.74. The topological polar surface area (TPSA) is 158 Å². The van der Waals surface area contributed by atoms with E-state index >= 15 is 0 Å². The first kappa shape index (κ1) is 36.9. The molecule has 3 N–H and O–H groups in total. The first-order valence-corrected chi connectivity index (χ1v) is 18.0. The Kier molecular flexibility index (Phi) is 9.51. The van der Waals surface area contributed by atoms with Crippen molar-refractivity contribution in [2.45, 2.75) is 130 Å². The molecule has 3 aliphatic carbocycles. The first-order chi connectivity index (χ1) is 21.6. The van der Waals surface area contributed by atoms with Crippen molar-refractivity contribution in [2.75, 3.05) is 11.9 Å². The summed E-state index contributed by atoms with van der Waals surface area (Å²) >= 11 is 3.46. The van der Waals surface area contributed by atoms with Crippen LogP contribution >= 0.6 is 15.9 Å². The van der Waals surface area contributed by atoms with Crippen LogP contribution in [0.2, 0.25) is 0 Å². The fourth-order valence-corrected chi connectivity index (χ4v) is 10.3. The number of aliphatic hydroxyl groups is 3. The summed E-state index contributed by atoms with van der Waals surface area (Å²) in [6.07, 6.45) is -4.11. The third-order valence-corrected chi connectivity index (χ3v) is 12.7. The van der Waals surface area contributed by atoms with E-state index in [1.54, 1.807) is 13.0 Å². The molecule has 5 aliphatic rings. The van der Waals surface area contributed by atoms with Gasteiger partial charge in [0.05, 0.1) is 29.6 Å². The van der Waals surface area contributed by atoms with E-state index in [1.165, 1.54) is 0 Å².